The van der Waals surface area contributed by atoms with Crippen LogP contribution in [0.2, 0.25) is 0 Å². The molecule has 0 heterocycles. The summed E-state index contributed by atoms with van der Waals surface area (Å²) in [5, 5.41) is 9.96. The molecule has 0 rings (SSSR count). The topological polar surface area (TPSA) is 53.2 Å². The molecule has 0 saturated carbocycles. The monoisotopic (exact) mass is 243 g/mol. The molecule has 3 N–H and O–H groups in total. The van der Waals surface area contributed by atoms with Gasteiger partial charge in [-0.3, -0.25) is 4.79 Å². The van der Waals surface area contributed by atoms with E-state index in [1.807, 2.05) is 13.8 Å². The molecular weight excluding hydrogens is 214 g/mol. The smallest absolute Gasteiger partial charge is 0.136 e. The molecule has 0 aliphatic carbocycles. The van der Waals surface area contributed by atoms with E-state index < -0.39 is 0 Å². The highest BCUT2D eigenvalue weighted by atomic mass is 16.1. The van der Waals surface area contributed by atoms with Crippen molar-refractivity contribution >= 4 is 5.78 Å². The summed E-state index contributed by atoms with van der Waals surface area (Å²) >= 11 is 0. The van der Waals surface area contributed by atoms with E-state index in [0.717, 1.165) is 32.7 Å². The second kappa shape index (κ2) is 10.7. The molecule has 17 heavy (non-hydrogen) atoms. The molecule has 0 spiro atoms. The SMILES string of the molecule is CC(C)NCCNCCNCCC(=O)C(C)C. The lowest BCUT2D eigenvalue weighted by molar-refractivity contribution is -0.121. The minimum Gasteiger partial charge on any atom is -0.315 e. The number of rotatable bonds is 11. The molecule has 0 aromatic heterocycles. The van der Waals surface area contributed by atoms with Crippen LogP contribution in [0.4, 0.5) is 0 Å². The predicted octanol–water partition coefficient (Wildman–Crippen LogP) is 0.779. The summed E-state index contributed by atoms with van der Waals surface area (Å²) in [4.78, 5) is 11.3. The van der Waals surface area contributed by atoms with Gasteiger partial charge >= 0.3 is 0 Å². The van der Waals surface area contributed by atoms with Gasteiger partial charge in [0.2, 0.25) is 0 Å². The van der Waals surface area contributed by atoms with Crippen molar-refractivity contribution in [2.75, 3.05) is 32.7 Å². The van der Waals surface area contributed by atoms with Gasteiger partial charge in [-0.2, -0.15) is 0 Å². The quantitative estimate of drug-likeness (QED) is 0.469. The van der Waals surface area contributed by atoms with Crippen LogP contribution in [-0.2, 0) is 4.79 Å². The minimum absolute atomic E-state index is 0.164. The molecule has 0 atom stereocenters. The molecule has 0 radical (unpaired) electrons. The molecular formula is C13H29N3O. The second-order valence-corrected chi connectivity index (χ2v) is 4.98. The molecule has 102 valence electrons. The molecule has 0 unspecified atom stereocenters. The van der Waals surface area contributed by atoms with Crippen LogP contribution in [0.5, 0.6) is 0 Å². The van der Waals surface area contributed by atoms with Crippen LogP contribution < -0.4 is 16.0 Å². The van der Waals surface area contributed by atoms with Crippen LogP contribution in [0, 0.1) is 5.92 Å². The van der Waals surface area contributed by atoms with Gasteiger partial charge in [0, 0.05) is 51.1 Å². The van der Waals surface area contributed by atoms with Crippen LogP contribution in [-0.4, -0.2) is 44.5 Å². The average molecular weight is 243 g/mol. The van der Waals surface area contributed by atoms with Gasteiger partial charge in [-0.25, -0.2) is 0 Å². The van der Waals surface area contributed by atoms with Crippen LogP contribution in [0.3, 0.4) is 0 Å². The third-order valence-electron chi connectivity index (χ3n) is 2.53. The van der Waals surface area contributed by atoms with Gasteiger partial charge in [0.05, 0.1) is 0 Å². The van der Waals surface area contributed by atoms with Gasteiger partial charge in [0.25, 0.3) is 0 Å². The predicted molar refractivity (Wildman–Crippen MR) is 73.3 cm³/mol. The maximum atomic E-state index is 11.3. The van der Waals surface area contributed by atoms with Crippen molar-refractivity contribution in [2.24, 2.45) is 5.92 Å². The molecule has 0 aliphatic heterocycles. The molecule has 0 saturated heterocycles. The van der Waals surface area contributed by atoms with E-state index in [9.17, 15) is 4.79 Å². The van der Waals surface area contributed by atoms with E-state index in [0.29, 0.717) is 18.2 Å². The van der Waals surface area contributed by atoms with E-state index in [-0.39, 0.29) is 5.92 Å². The lowest BCUT2D eigenvalue weighted by Crippen LogP contribution is -2.35. The Balaban J connectivity index is 3.11. The highest BCUT2D eigenvalue weighted by Gasteiger charge is 2.05. The highest BCUT2D eigenvalue weighted by Crippen LogP contribution is 1.96. The van der Waals surface area contributed by atoms with Gasteiger partial charge in [-0.1, -0.05) is 27.7 Å². The summed E-state index contributed by atoms with van der Waals surface area (Å²) in [6, 6.07) is 0.553. The first-order chi connectivity index (χ1) is 8.04. The van der Waals surface area contributed by atoms with E-state index in [1.54, 1.807) is 0 Å². The Morgan fingerprint density at radius 1 is 0.882 bits per heavy atom. The number of Topliss-reactive ketones (excluding diaryl/α,β-unsaturated/α-hetero) is 1. The fraction of sp³-hybridized carbons (Fsp3) is 0.923. The van der Waals surface area contributed by atoms with Gasteiger partial charge in [0.1, 0.15) is 5.78 Å². The van der Waals surface area contributed by atoms with Crippen molar-refractivity contribution < 1.29 is 4.79 Å². The zero-order valence-electron chi connectivity index (χ0n) is 11.8. The molecule has 0 bridgehead atoms. The van der Waals surface area contributed by atoms with Gasteiger partial charge in [0.15, 0.2) is 0 Å². The Hall–Kier alpha value is -0.450. The number of carbonyl (C=O) groups is 1. The molecule has 0 aromatic carbocycles. The zero-order chi connectivity index (χ0) is 13.1. The summed E-state index contributed by atoms with van der Waals surface area (Å²) in [5.74, 6) is 0.503. The summed E-state index contributed by atoms with van der Waals surface area (Å²) in [6.45, 7) is 12.9. The summed E-state index contributed by atoms with van der Waals surface area (Å²) in [7, 11) is 0. The number of nitrogens with one attached hydrogen (secondary N) is 3. The van der Waals surface area contributed by atoms with E-state index in [1.165, 1.54) is 0 Å². The van der Waals surface area contributed by atoms with Crippen molar-refractivity contribution in [1.29, 1.82) is 0 Å². The maximum Gasteiger partial charge on any atom is 0.136 e. The minimum atomic E-state index is 0.164. The number of hydrogen-bond acceptors (Lipinski definition) is 4. The fourth-order valence-corrected chi connectivity index (χ4v) is 1.38. The van der Waals surface area contributed by atoms with Gasteiger partial charge in [-0.15, -0.1) is 0 Å². The summed E-state index contributed by atoms with van der Waals surface area (Å²) < 4.78 is 0. The first kappa shape index (κ1) is 16.6. The van der Waals surface area contributed by atoms with Crippen molar-refractivity contribution in [2.45, 2.75) is 40.2 Å². The third kappa shape index (κ3) is 11.8. The van der Waals surface area contributed by atoms with Gasteiger partial charge in [-0.05, 0) is 0 Å². The Labute approximate surface area is 106 Å². The lowest BCUT2D eigenvalue weighted by Gasteiger charge is -2.09. The molecule has 4 nitrogen and oxygen atoms in total. The average Bonchev–Trinajstić information content (AvgIpc) is 2.25. The van der Waals surface area contributed by atoms with Crippen molar-refractivity contribution in [3.8, 4) is 0 Å². The normalized spacial score (nSPS) is 11.4. The Kier molecular flexibility index (Phi) is 10.4. The Morgan fingerprint density at radius 2 is 1.41 bits per heavy atom. The third-order valence-corrected chi connectivity index (χ3v) is 2.53. The molecule has 0 aromatic rings. The first-order valence-electron chi connectivity index (χ1n) is 6.71. The van der Waals surface area contributed by atoms with Crippen molar-refractivity contribution in [3.05, 3.63) is 0 Å². The van der Waals surface area contributed by atoms with Crippen molar-refractivity contribution in [3.63, 3.8) is 0 Å². The van der Waals surface area contributed by atoms with E-state index in [2.05, 4.69) is 29.8 Å². The number of hydrogen-bond donors (Lipinski definition) is 3. The van der Waals surface area contributed by atoms with Crippen LogP contribution in [0.15, 0.2) is 0 Å². The Bertz CT molecular complexity index is 193. The second-order valence-electron chi connectivity index (χ2n) is 4.98. The molecule has 0 amide bonds. The van der Waals surface area contributed by atoms with Crippen LogP contribution in [0.25, 0.3) is 0 Å². The first-order valence-corrected chi connectivity index (χ1v) is 6.71. The molecule has 0 fully saturated rings. The maximum absolute atomic E-state index is 11.3. The standard InChI is InChI=1S/C13H29N3O/c1-11(2)13(17)5-6-14-7-8-15-9-10-16-12(3)4/h11-12,14-16H,5-10H2,1-4H3. The fourth-order valence-electron chi connectivity index (χ4n) is 1.38. The number of carbonyl (C=O) groups excluding carboxylic acids is 1. The highest BCUT2D eigenvalue weighted by molar-refractivity contribution is 5.80. The van der Waals surface area contributed by atoms with Gasteiger partial charge < -0.3 is 16.0 Å². The van der Waals surface area contributed by atoms with E-state index >= 15 is 0 Å². The lowest BCUT2D eigenvalue weighted by atomic mass is 10.1. The molecule has 4 heteroatoms. The zero-order valence-corrected chi connectivity index (χ0v) is 11.8. The summed E-state index contributed by atoms with van der Waals surface area (Å²) in [6.07, 6.45) is 0.645. The molecule has 0 aliphatic rings. The largest absolute Gasteiger partial charge is 0.315 e. The summed E-state index contributed by atoms with van der Waals surface area (Å²) in [5.41, 5.74) is 0. The Morgan fingerprint density at radius 3 is 1.94 bits per heavy atom. The number of ketones is 1. The van der Waals surface area contributed by atoms with Crippen LogP contribution in [0.1, 0.15) is 34.1 Å². The van der Waals surface area contributed by atoms with Crippen LogP contribution >= 0.6 is 0 Å². The van der Waals surface area contributed by atoms with Crippen molar-refractivity contribution in [1.82, 2.24) is 16.0 Å². The van der Waals surface area contributed by atoms with E-state index in [4.69, 9.17) is 0 Å².